The second kappa shape index (κ2) is 16.2. The van der Waals surface area contributed by atoms with E-state index in [0.717, 1.165) is 27.7 Å². The van der Waals surface area contributed by atoms with Gasteiger partial charge in [-0.3, -0.25) is 24.0 Å². The summed E-state index contributed by atoms with van der Waals surface area (Å²) in [5.41, 5.74) is 4.99. The quantitative estimate of drug-likeness (QED) is 0.148. The van der Waals surface area contributed by atoms with Crippen LogP contribution < -0.4 is 11.1 Å². The fraction of sp³-hybridized carbons (Fsp3) is 0.552. The van der Waals surface area contributed by atoms with Crippen LogP contribution in [0.4, 0.5) is 10.5 Å². The first-order valence-corrected chi connectivity index (χ1v) is 14.2. The largest absolute Gasteiger partial charge is 0.461 e. The molecule has 1 heterocycles. The lowest BCUT2D eigenvalue weighted by molar-refractivity contribution is -0.300. The number of halogens is 1. The summed E-state index contributed by atoms with van der Waals surface area (Å²) in [5, 5.41) is 2.55. The molecule has 46 heavy (non-hydrogen) atoms. The summed E-state index contributed by atoms with van der Waals surface area (Å²) < 4.78 is 37.2. The molecule has 254 valence electrons. The zero-order chi connectivity index (χ0) is 34.9. The van der Waals surface area contributed by atoms with Crippen LogP contribution in [0.3, 0.4) is 0 Å². The highest BCUT2D eigenvalue weighted by molar-refractivity contribution is 6.31. The van der Waals surface area contributed by atoms with E-state index in [9.17, 15) is 33.6 Å². The van der Waals surface area contributed by atoms with E-state index >= 15 is 0 Å². The van der Waals surface area contributed by atoms with Crippen molar-refractivity contribution in [3.05, 3.63) is 28.8 Å². The SMILES string of the molecule is CC(=O)O[C@@H]1O[C@H](COC(=O)C(CC(=O)c2ccc(Cl)cc2N)NC(=O)OC(C)(C)C)[C@@H](OC(C)=O)[C@H](OC(C)=O)[C@H]1OC(C)=O. The summed E-state index contributed by atoms with van der Waals surface area (Å²) >= 11 is 5.91. The van der Waals surface area contributed by atoms with Gasteiger partial charge in [0.15, 0.2) is 18.0 Å². The van der Waals surface area contributed by atoms with E-state index in [1.165, 1.54) is 18.2 Å². The van der Waals surface area contributed by atoms with Crippen molar-refractivity contribution in [2.75, 3.05) is 12.3 Å². The van der Waals surface area contributed by atoms with Crippen LogP contribution in [-0.4, -0.2) is 90.7 Å². The number of carbonyl (C=O) groups is 7. The Balaban J connectivity index is 2.41. The maximum Gasteiger partial charge on any atom is 0.408 e. The number of nitrogens with two attached hydrogens (primary N) is 1. The second-order valence-corrected chi connectivity index (χ2v) is 11.5. The summed E-state index contributed by atoms with van der Waals surface area (Å²) in [7, 11) is 0. The normalized spacial score (nSPS) is 21.5. The molecule has 17 heteroatoms. The fourth-order valence-corrected chi connectivity index (χ4v) is 4.42. The van der Waals surface area contributed by atoms with E-state index in [1.807, 2.05) is 0 Å². The molecule has 0 saturated carbocycles. The number of amides is 1. The summed E-state index contributed by atoms with van der Waals surface area (Å²) in [6.07, 6.45) is -9.61. The number of ether oxygens (including phenoxy) is 7. The standard InChI is InChI=1S/C29H37ClN2O14/c1-13(33)41-23-22(45-27(44-16(4)36)25(43-15(3)35)24(23)42-14(2)34)12-40-26(38)20(32-28(39)46-29(5,6)7)11-21(37)18-9-8-17(30)10-19(18)31/h8-10,20,22-25,27H,11-12,31H2,1-7H3,(H,32,39)/t20?,22-,23-,24+,25-,27-/m1/s1. The number of nitrogen functional groups attached to an aromatic ring is 1. The molecule has 0 radical (unpaired) electrons. The minimum absolute atomic E-state index is 0.0173. The molecular weight excluding hydrogens is 636 g/mol. The third-order valence-electron chi connectivity index (χ3n) is 5.85. The number of nitrogens with one attached hydrogen (secondary N) is 1. The van der Waals surface area contributed by atoms with E-state index in [4.69, 9.17) is 50.5 Å². The molecule has 0 aromatic heterocycles. The number of hydrogen-bond acceptors (Lipinski definition) is 15. The van der Waals surface area contributed by atoms with Crippen LogP contribution in [0.25, 0.3) is 0 Å². The van der Waals surface area contributed by atoms with Crippen molar-refractivity contribution in [3.63, 3.8) is 0 Å². The van der Waals surface area contributed by atoms with Crippen LogP contribution in [0.1, 0.15) is 65.2 Å². The van der Waals surface area contributed by atoms with Gasteiger partial charge in [0.1, 0.15) is 24.4 Å². The molecule has 2 rings (SSSR count). The van der Waals surface area contributed by atoms with Gasteiger partial charge in [0.05, 0.1) is 0 Å². The van der Waals surface area contributed by atoms with E-state index in [0.29, 0.717) is 0 Å². The van der Waals surface area contributed by atoms with E-state index in [2.05, 4.69) is 5.32 Å². The van der Waals surface area contributed by atoms with Crippen molar-refractivity contribution >= 4 is 59.0 Å². The summed E-state index contributed by atoms with van der Waals surface area (Å²) in [6, 6.07) is 2.47. The van der Waals surface area contributed by atoms with Gasteiger partial charge in [-0.2, -0.15) is 0 Å². The molecule has 16 nitrogen and oxygen atoms in total. The molecule has 1 fully saturated rings. The van der Waals surface area contributed by atoms with Gasteiger partial charge < -0.3 is 44.2 Å². The van der Waals surface area contributed by atoms with Crippen molar-refractivity contribution < 1.29 is 66.7 Å². The number of Topliss-reactive ketones (excluding diaryl/α,β-unsaturated/α-hetero) is 1. The number of rotatable bonds is 11. The Bertz CT molecular complexity index is 1340. The first-order valence-electron chi connectivity index (χ1n) is 13.9. The predicted octanol–water partition coefficient (Wildman–Crippen LogP) is 2.01. The number of hydrogen-bond donors (Lipinski definition) is 2. The Morgan fingerprint density at radius 2 is 1.41 bits per heavy atom. The number of esters is 5. The molecule has 1 aromatic rings. The van der Waals surface area contributed by atoms with Crippen LogP contribution in [0, 0.1) is 0 Å². The number of ketones is 1. The predicted molar refractivity (Wildman–Crippen MR) is 156 cm³/mol. The average molecular weight is 673 g/mol. The number of alkyl carbamates (subject to hydrolysis) is 1. The van der Waals surface area contributed by atoms with Crippen molar-refractivity contribution in [3.8, 4) is 0 Å². The number of benzene rings is 1. The van der Waals surface area contributed by atoms with Crippen LogP contribution in [0.2, 0.25) is 5.02 Å². The lowest BCUT2D eigenvalue weighted by Crippen LogP contribution is -2.63. The van der Waals surface area contributed by atoms with Crippen molar-refractivity contribution in [1.29, 1.82) is 0 Å². The molecule has 1 aliphatic rings. The second-order valence-electron chi connectivity index (χ2n) is 11.1. The minimum Gasteiger partial charge on any atom is -0.461 e. The Kier molecular flexibility index (Phi) is 13.3. The van der Waals surface area contributed by atoms with E-state index in [1.54, 1.807) is 20.8 Å². The summed E-state index contributed by atoms with van der Waals surface area (Å²) in [4.78, 5) is 86.8. The minimum atomic E-state index is -1.70. The molecular formula is C29H37ClN2O14. The molecule has 1 amide bonds. The molecule has 3 N–H and O–H groups in total. The lowest BCUT2D eigenvalue weighted by atomic mass is 9.98. The first kappa shape index (κ1) is 37.7. The molecule has 0 bridgehead atoms. The Labute approximate surface area is 269 Å². The van der Waals surface area contributed by atoms with Crippen LogP contribution in [0.5, 0.6) is 0 Å². The molecule has 1 saturated heterocycles. The smallest absolute Gasteiger partial charge is 0.408 e. The maximum absolute atomic E-state index is 13.3. The van der Waals surface area contributed by atoms with Gasteiger partial charge in [-0.15, -0.1) is 0 Å². The van der Waals surface area contributed by atoms with Crippen molar-refractivity contribution in [2.24, 2.45) is 0 Å². The van der Waals surface area contributed by atoms with Gasteiger partial charge in [-0.1, -0.05) is 11.6 Å². The van der Waals surface area contributed by atoms with Gasteiger partial charge in [0.25, 0.3) is 0 Å². The molecule has 1 unspecified atom stereocenters. The Morgan fingerprint density at radius 1 is 0.870 bits per heavy atom. The third-order valence-corrected chi connectivity index (χ3v) is 6.08. The maximum atomic E-state index is 13.3. The zero-order valence-corrected chi connectivity index (χ0v) is 27.0. The molecule has 1 aliphatic heterocycles. The average Bonchev–Trinajstić information content (AvgIpc) is 2.88. The van der Waals surface area contributed by atoms with Crippen LogP contribution >= 0.6 is 11.6 Å². The monoisotopic (exact) mass is 672 g/mol. The van der Waals surface area contributed by atoms with Crippen molar-refractivity contribution in [1.82, 2.24) is 5.32 Å². The number of carbonyl (C=O) groups excluding carboxylic acids is 7. The van der Waals surface area contributed by atoms with Gasteiger partial charge in [0.2, 0.25) is 12.4 Å². The van der Waals surface area contributed by atoms with Gasteiger partial charge >= 0.3 is 35.9 Å². The van der Waals surface area contributed by atoms with Gasteiger partial charge in [-0.05, 0) is 39.0 Å². The van der Waals surface area contributed by atoms with E-state index in [-0.39, 0.29) is 16.3 Å². The van der Waals surface area contributed by atoms with Crippen molar-refractivity contribution in [2.45, 2.75) is 97.2 Å². The Morgan fingerprint density at radius 3 is 1.93 bits per heavy atom. The van der Waals surface area contributed by atoms with Crippen LogP contribution in [0.15, 0.2) is 18.2 Å². The summed E-state index contributed by atoms with van der Waals surface area (Å²) in [5.74, 6) is -5.35. The van der Waals surface area contributed by atoms with Crippen LogP contribution in [-0.2, 0) is 57.1 Å². The summed E-state index contributed by atoms with van der Waals surface area (Å²) in [6.45, 7) is 8.09. The first-order chi connectivity index (χ1) is 21.3. The molecule has 0 aliphatic carbocycles. The highest BCUT2D eigenvalue weighted by Gasteiger charge is 2.53. The fourth-order valence-electron chi connectivity index (χ4n) is 4.24. The zero-order valence-electron chi connectivity index (χ0n) is 26.3. The molecule has 6 atom stereocenters. The lowest BCUT2D eigenvalue weighted by Gasteiger charge is -2.43. The molecule has 1 aromatic carbocycles. The van der Waals surface area contributed by atoms with Gasteiger partial charge in [0, 0.05) is 50.4 Å². The highest BCUT2D eigenvalue weighted by Crippen LogP contribution is 2.30. The third kappa shape index (κ3) is 11.8. The number of anilines is 1. The Hall–Kier alpha value is -4.44. The highest BCUT2D eigenvalue weighted by atomic mass is 35.5. The molecule has 0 spiro atoms. The van der Waals surface area contributed by atoms with E-state index < -0.39 is 97.1 Å². The topological polar surface area (TPSA) is 222 Å². The van der Waals surface area contributed by atoms with Gasteiger partial charge in [-0.25, -0.2) is 9.59 Å².